The zero-order valence-electron chi connectivity index (χ0n) is 18.5. The number of piperidine rings is 1. The van der Waals surface area contributed by atoms with E-state index >= 15 is 0 Å². The fraction of sp³-hybridized carbons (Fsp3) is 0.600. The number of carbonyl (C=O) groups excluding carboxylic acids is 1. The molecule has 1 saturated carbocycles. The van der Waals surface area contributed by atoms with Gasteiger partial charge in [0.1, 0.15) is 0 Å². The molecule has 1 N–H and O–H groups in total. The number of nitrogens with one attached hydrogen (secondary N) is 1. The van der Waals surface area contributed by atoms with Gasteiger partial charge < -0.3 is 10.2 Å². The van der Waals surface area contributed by atoms with Crippen LogP contribution in [0.1, 0.15) is 72.5 Å². The molecule has 2 fully saturated rings. The molecule has 1 aromatic carbocycles. The number of carbonyl (C=O) groups is 1. The number of hydrogen-bond donors (Lipinski definition) is 1. The van der Waals surface area contributed by atoms with Crippen LogP contribution in [0.4, 0.5) is 0 Å². The zero-order valence-corrected chi connectivity index (χ0v) is 18.5. The average Bonchev–Trinajstić information content (AvgIpc) is 3.13. The Morgan fingerprint density at radius 2 is 1.80 bits per heavy atom. The van der Waals surface area contributed by atoms with Crippen LogP contribution in [0.2, 0.25) is 0 Å². The minimum atomic E-state index is 0.0171. The van der Waals surface area contributed by atoms with Crippen molar-refractivity contribution in [1.82, 2.24) is 20.0 Å². The van der Waals surface area contributed by atoms with Crippen molar-refractivity contribution in [1.29, 1.82) is 0 Å². The Hall–Kier alpha value is -2.14. The topological polar surface area (TPSA) is 50.2 Å². The molecule has 2 aliphatic rings. The van der Waals surface area contributed by atoms with E-state index in [-0.39, 0.29) is 11.9 Å². The summed E-state index contributed by atoms with van der Waals surface area (Å²) in [6.45, 7) is 5.22. The Morgan fingerprint density at radius 3 is 2.43 bits per heavy atom. The number of aryl methyl sites for hydroxylation is 1. The second kappa shape index (κ2) is 9.78. The predicted octanol–water partition coefficient (Wildman–Crippen LogP) is 4.29. The molecule has 0 bridgehead atoms. The van der Waals surface area contributed by atoms with Gasteiger partial charge in [-0.1, -0.05) is 49.6 Å². The summed E-state index contributed by atoms with van der Waals surface area (Å²) in [6.07, 6.45) is 10.6. The number of likely N-dealkylation sites (tertiary alicyclic amines) is 1. The van der Waals surface area contributed by atoms with E-state index in [0.717, 1.165) is 44.1 Å². The molecule has 2 aromatic rings. The molecule has 1 aliphatic carbocycles. The summed E-state index contributed by atoms with van der Waals surface area (Å²) in [5, 5.41) is 7.44. The maximum Gasteiger partial charge on any atom is 0.254 e. The van der Waals surface area contributed by atoms with E-state index in [9.17, 15) is 4.79 Å². The molecule has 1 atom stereocenters. The Kier molecular flexibility index (Phi) is 6.88. The van der Waals surface area contributed by atoms with Crippen molar-refractivity contribution in [2.75, 3.05) is 19.6 Å². The van der Waals surface area contributed by atoms with E-state index < -0.39 is 0 Å². The quantitative estimate of drug-likeness (QED) is 0.776. The van der Waals surface area contributed by atoms with Gasteiger partial charge in [-0.15, -0.1) is 0 Å². The molecule has 1 unspecified atom stereocenters. The van der Waals surface area contributed by atoms with E-state index in [0.29, 0.717) is 11.5 Å². The first-order valence-electron chi connectivity index (χ1n) is 11.7. The van der Waals surface area contributed by atoms with Gasteiger partial charge in [0.05, 0.1) is 11.8 Å². The molecule has 162 valence electrons. The van der Waals surface area contributed by atoms with Crippen molar-refractivity contribution >= 4 is 5.91 Å². The van der Waals surface area contributed by atoms with Crippen LogP contribution in [0.15, 0.2) is 36.5 Å². The Balaban J connectivity index is 1.33. The smallest absolute Gasteiger partial charge is 0.254 e. The van der Waals surface area contributed by atoms with E-state index in [4.69, 9.17) is 0 Å². The third-order valence-corrected chi connectivity index (χ3v) is 7.30. The summed E-state index contributed by atoms with van der Waals surface area (Å²) in [7, 11) is 1.88. The summed E-state index contributed by atoms with van der Waals surface area (Å²) in [4.78, 5) is 15.2. The molecule has 5 heteroatoms. The molecule has 0 spiro atoms. The van der Waals surface area contributed by atoms with E-state index in [1.54, 1.807) is 10.9 Å². The van der Waals surface area contributed by atoms with Crippen LogP contribution in [0, 0.1) is 12.8 Å². The number of aromatic nitrogens is 2. The Labute approximate surface area is 180 Å². The highest BCUT2D eigenvalue weighted by Crippen LogP contribution is 2.37. The SMILES string of the molecule is Cc1c(C(=O)NC2CCN(CC(c3ccccc3)C3CCCCC3)CC2)cnn1C. The van der Waals surface area contributed by atoms with Crippen LogP contribution < -0.4 is 5.32 Å². The van der Waals surface area contributed by atoms with E-state index in [2.05, 4.69) is 45.6 Å². The van der Waals surface area contributed by atoms with Gasteiger partial charge in [-0.05, 0) is 50.0 Å². The summed E-state index contributed by atoms with van der Waals surface area (Å²) in [5.74, 6) is 1.46. The first kappa shape index (κ1) is 21.1. The highest BCUT2D eigenvalue weighted by Gasteiger charge is 2.29. The third kappa shape index (κ3) is 4.94. The fourth-order valence-corrected chi connectivity index (χ4v) is 5.29. The molecule has 30 heavy (non-hydrogen) atoms. The van der Waals surface area contributed by atoms with Crippen molar-refractivity contribution in [3.05, 3.63) is 53.3 Å². The third-order valence-electron chi connectivity index (χ3n) is 7.30. The monoisotopic (exact) mass is 408 g/mol. The summed E-state index contributed by atoms with van der Waals surface area (Å²) in [5.41, 5.74) is 3.12. The van der Waals surface area contributed by atoms with Crippen molar-refractivity contribution in [3.63, 3.8) is 0 Å². The van der Waals surface area contributed by atoms with Crippen LogP contribution in [-0.4, -0.2) is 46.3 Å². The standard InChI is InChI=1S/C25H36N4O/c1-19-23(17-26-28(19)2)25(30)27-22-13-15-29(16-14-22)18-24(20-9-5-3-6-10-20)21-11-7-4-8-12-21/h3,5-6,9-10,17,21-22,24H,4,7-8,11-16,18H2,1-2H3,(H,27,30). The molecule has 1 aliphatic heterocycles. The minimum Gasteiger partial charge on any atom is -0.349 e. The lowest BCUT2D eigenvalue weighted by molar-refractivity contribution is 0.0904. The minimum absolute atomic E-state index is 0.0171. The van der Waals surface area contributed by atoms with Crippen LogP contribution in [0.3, 0.4) is 0 Å². The van der Waals surface area contributed by atoms with Crippen LogP contribution >= 0.6 is 0 Å². The maximum absolute atomic E-state index is 12.6. The molecular weight excluding hydrogens is 372 g/mol. The number of benzene rings is 1. The van der Waals surface area contributed by atoms with Crippen LogP contribution in [0.5, 0.6) is 0 Å². The van der Waals surface area contributed by atoms with Gasteiger partial charge in [0.15, 0.2) is 0 Å². The molecule has 4 rings (SSSR count). The van der Waals surface area contributed by atoms with Crippen LogP contribution in [0.25, 0.3) is 0 Å². The van der Waals surface area contributed by atoms with Gasteiger partial charge in [0, 0.05) is 38.4 Å². The molecular formula is C25H36N4O. The van der Waals surface area contributed by atoms with Crippen molar-refractivity contribution in [3.8, 4) is 0 Å². The van der Waals surface area contributed by atoms with Gasteiger partial charge in [-0.25, -0.2) is 0 Å². The molecule has 0 radical (unpaired) electrons. The first-order valence-corrected chi connectivity index (χ1v) is 11.7. The highest BCUT2D eigenvalue weighted by molar-refractivity contribution is 5.95. The van der Waals surface area contributed by atoms with E-state index in [1.807, 2.05) is 14.0 Å². The lowest BCUT2D eigenvalue weighted by Gasteiger charge is -2.38. The summed E-state index contributed by atoms with van der Waals surface area (Å²) < 4.78 is 1.76. The lowest BCUT2D eigenvalue weighted by atomic mass is 9.76. The maximum atomic E-state index is 12.6. The summed E-state index contributed by atoms with van der Waals surface area (Å²) in [6, 6.07) is 11.4. The molecule has 1 saturated heterocycles. The Morgan fingerprint density at radius 1 is 1.10 bits per heavy atom. The Bertz CT molecular complexity index is 817. The highest BCUT2D eigenvalue weighted by atomic mass is 16.1. The van der Waals surface area contributed by atoms with Gasteiger partial charge in [-0.2, -0.15) is 5.10 Å². The number of amides is 1. The van der Waals surface area contributed by atoms with Crippen LogP contribution in [-0.2, 0) is 7.05 Å². The number of nitrogens with zero attached hydrogens (tertiary/aromatic N) is 3. The van der Waals surface area contributed by atoms with Crippen molar-refractivity contribution in [2.24, 2.45) is 13.0 Å². The lowest BCUT2D eigenvalue weighted by Crippen LogP contribution is -2.46. The number of rotatable bonds is 6. The molecule has 2 heterocycles. The average molecular weight is 409 g/mol. The van der Waals surface area contributed by atoms with Gasteiger partial charge in [0.2, 0.25) is 0 Å². The molecule has 1 amide bonds. The number of hydrogen-bond acceptors (Lipinski definition) is 3. The normalized spacial score (nSPS) is 20.2. The summed E-state index contributed by atoms with van der Waals surface area (Å²) >= 11 is 0. The zero-order chi connectivity index (χ0) is 20.9. The largest absolute Gasteiger partial charge is 0.349 e. The second-order valence-corrected chi connectivity index (χ2v) is 9.23. The van der Waals surface area contributed by atoms with Gasteiger partial charge in [0.25, 0.3) is 5.91 Å². The molecule has 1 aromatic heterocycles. The molecule has 5 nitrogen and oxygen atoms in total. The second-order valence-electron chi connectivity index (χ2n) is 9.23. The van der Waals surface area contributed by atoms with E-state index in [1.165, 1.54) is 37.7 Å². The predicted molar refractivity (Wildman–Crippen MR) is 121 cm³/mol. The van der Waals surface area contributed by atoms with Gasteiger partial charge >= 0.3 is 0 Å². The van der Waals surface area contributed by atoms with Crippen molar-refractivity contribution < 1.29 is 4.79 Å². The first-order chi connectivity index (χ1) is 14.6. The van der Waals surface area contributed by atoms with Gasteiger partial charge in [-0.3, -0.25) is 9.48 Å². The van der Waals surface area contributed by atoms with Crippen molar-refractivity contribution in [2.45, 2.75) is 63.8 Å². The fourth-order valence-electron chi connectivity index (χ4n) is 5.29.